The van der Waals surface area contributed by atoms with E-state index in [1.165, 1.54) is 50.5 Å². The predicted octanol–water partition coefficient (Wildman–Crippen LogP) is 4.11. The number of rotatable bonds is 3. The second-order valence-corrected chi connectivity index (χ2v) is 5.54. The molecule has 1 aromatic heterocycles. The van der Waals surface area contributed by atoms with Gasteiger partial charge in [-0.25, -0.2) is 0 Å². The van der Waals surface area contributed by atoms with Crippen LogP contribution in [0.25, 0.3) is 0 Å². The first-order valence-electron chi connectivity index (χ1n) is 6.14. The Morgan fingerprint density at radius 3 is 2.60 bits per heavy atom. The van der Waals surface area contributed by atoms with E-state index in [0.717, 1.165) is 5.92 Å². The van der Waals surface area contributed by atoms with Crippen molar-refractivity contribution in [1.29, 1.82) is 0 Å². The van der Waals surface area contributed by atoms with Crippen molar-refractivity contribution in [2.24, 2.45) is 11.7 Å². The standard InChI is InChI=1S/C13H21NS/c14-13(12-7-8-15-10-12)9-11-5-3-1-2-4-6-11/h7-8,10-11,13H,1-6,9,14H2. The highest BCUT2D eigenvalue weighted by atomic mass is 32.1. The van der Waals surface area contributed by atoms with Crippen LogP contribution < -0.4 is 5.73 Å². The van der Waals surface area contributed by atoms with E-state index in [-0.39, 0.29) is 6.04 Å². The SMILES string of the molecule is NC(CC1CCCCCC1)c1ccsc1. The van der Waals surface area contributed by atoms with Crippen molar-refractivity contribution in [1.82, 2.24) is 0 Å². The molecule has 1 atom stereocenters. The molecule has 2 heteroatoms. The van der Waals surface area contributed by atoms with Gasteiger partial charge in [-0.05, 0) is 34.7 Å². The molecule has 1 heterocycles. The molecule has 2 rings (SSSR count). The molecule has 1 saturated carbocycles. The molecule has 0 bridgehead atoms. The molecular formula is C13H21NS. The van der Waals surface area contributed by atoms with Crippen molar-refractivity contribution >= 4 is 11.3 Å². The summed E-state index contributed by atoms with van der Waals surface area (Å²) in [5, 5.41) is 4.32. The molecule has 0 saturated heterocycles. The lowest BCUT2D eigenvalue weighted by Crippen LogP contribution is -2.14. The molecule has 0 aliphatic heterocycles. The molecule has 2 N–H and O–H groups in total. The van der Waals surface area contributed by atoms with Crippen molar-refractivity contribution in [3.8, 4) is 0 Å². The molecular weight excluding hydrogens is 202 g/mol. The van der Waals surface area contributed by atoms with Crippen LogP contribution >= 0.6 is 11.3 Å². The largest absolute Gasteiger partial charge is 0.324 e. The summed E-state index contributed by atoms with van der Waals surface area (Å²) in [4.78, 5) is 0. The third-order valence-corrected chi connectivity index (χ3v) is 4.23. The van der Waals surface area contributed by atoms with Gasteiger partial charge in [-0.3, -0.25) is 0 Å². The highest BCUT2D eigenvalue weighted by molar-refractivity contribution is 7.07. The van der Waals surface area contributed by atoms with Crippen LogP contribution in [-0.4, -0.2) is 0 Å². The Hall–Kier alpha value is -0.340. The smallest absolute Gasteiger partial charge is 0.0305 e. The van der Waals surface area contributed by atoms with Gasteiger partial charge in [-0.1, -0.05) is 38.5 Å². The van der Waals surface area contributed by atoms with E-state index in [4.69, 9.17) is 5.73 Å². The molecule has 84 valence electrons. The summed E-state index contributed by atoms with van der Waals surface area (Å²) in [6.07, 6.45) is 9.70. The van der Waals surface area contributed by atoms with Gasteiger partial charge in [-0.15, -0.1) is 0 Å². The van der Waals surface area contributed by atoms with Crippen LogP contribution in [0.2, 0.25) is 0 Å². The maximum Gasteiger partial charge on any atom is 0.0305 e. The summed E-state index contributed by atoms with van der Waals surface area (Å²) in [6.45, 7) is 0. The molecule has 1 nitrogen and oxygen atoms in total. The lowest BCUT2D eigenvalue weighted by molar-refractivity contribution is 0.393. The summed E-state index contributed by atoms with van der Waals surface area (Å²) in [5.74, 6) is 0.877. The zero-order valence-electron chi connectivity index (χ0n) is 9.32. The van der Waals surface area contributed by atoms with Crippen LogP contribution in [0.5, 0.6) is 0 Å². The average Bonchev–Trinajstić information content (AvgIpc) is 2.65. The number of hydrogen-bond acceptors (Lipinski definition) is 2. The van der Waals surface area contributed by atoms with E-state index >= 15 is 0 Å². The van der Waals surface area contributed by atoms with Crippen LogP contribution in [0, 0.1) is 5.92 Å². The van der Waals surface area contributed by atoms with Crippen molar-refractivity contribution < 1.29 is 0 Å². The fourth-order valence-electron chi connectivity index (χ4n) is 2.58. The fraction of sp³-hybridized carbons (Fsp3) is 0.692. The second kappa shape index (κ2) is 5.66. The maximum atomic E-state index is 6.23. The van der Waals surface area contributed by atoms with E-state index in [9.17, 15) is 0 Å². The van der Waals surface area contributed by atoms with E-state index in [0.29, 0.717) is 0 Å². The van der Waals surface area contributed by atoms with Gasteiger partial charge in [0.2, 0.25) is 0 Å². The van der Waals surface area contributed by atoms with E-state index in [1.807, 2.05) is 0 Å². The van der Waals surface area contributed by atoms with Crippen molar-refractivity contribution in [3.05, 3.63) is 22.4 Å². The van der Waals surface area contributed by atoms with Gasteiger partial charge in [0.25, 0.3) is 0 Å². The van der Waals surface area contributed by atoms with Crippen LogP contribution in [0.1, 0.15) is 56.6 Å². The quantitative estimate of drug-likeness (QED) is 0.767. The average molecular weight is 223 g/mol. The van der Waals surface area contributed by atoms with Crippen LogP contribution in [0.15, 0.2) is 16.8 Å². The summed E-state index contributed by atoms with van der Waals surface area (Å²) in [5.41, 5.74) is 7.57. The van der Waals surface area contributed by atoms with Crippen molar-refractivity contribution in [3.63, 3.8) is 0 Å². The summed E-state index contributed by atoms with van der Waals surface area (Å²) < 4.78 is 0. The summed E-state index contributed by atoms with van der Waals surface area (Å²) in [7, 11) is 0. The molecule has 0 aromatic carbocycles. The predicted molar refractivity (Wildman–Crippen MR) is 67.1 cm³/mol. The first-order chi connectivity index (χ1) is 7.36. The lowest BCUT2D eigenvalue weighted by Gasteiger charge is -2.18. The minimum absolute atomic E-state index is 0.277. The summed E-state index contributed by atoms with van der Waals surface area (Å²) >= 11 is 1.75. The topological polar surface area (TPSA) is 26.0 Å². The molecule has 0 radical (unpaired) electrons. The van der Waals surface area contributed by atoms with Crippen LogP contribution in [0.4, 0.5) is 0 Å². The Labute approximate surface area is 96.7 Å². The van der Waals surface area contributed by atoms with Gasteiger partial charge in [0.1, 0.15) is 0 Å². The maximum absolute atomic E-state index is 6.23. The molecule has 1 aromatic rings. The van der Waals surface area contributed by atoms with E-state index < -0.39 is 0 Å². The molecule has 15 heavy (non-hydrogen) atoms. The Morgan fingerprint density at radius 2 is 2.00 bits per heavy atom. The van der Waals surface area contributed by atoms with Crippen molar-refractivity contribution in [2.45, 2.75) is 51.0 Å². The highest BCUT2D eigenvalue weighted by Crippen LogP contribution is 2.30. The third kappa shape index (κ3) is 3.32. The second-order valence-electron chi connectivity index (χ2n) is 4.76. The van der Waals surface area contributed by atoms with Gasteiger partial charge >= 0.3 is 0 Å². The normalized spacial score (nSPS) is 21.1. The Bertz CT molecular complexity index is 260. The monoisotopic (exact) mass is 223 g/mol. The first kappa shape index (κ1) is 11.2. The molecule has 0 amide bonds. The minimum atomic E-state index is 0.277. The zero-order chi connectivity index (χ0) is 10.5. The first-order valence-corrected chi connectivity index (χ1v) is 7.08. The van der Waals surface area contributed by atoms with Crippen LogP contribution in [0.3, 0.4) is 0 Å². The van der Waals surface area contributed by atoms with Gasteiger partial charge in [0, 0.05) is 6.04 Å². The zero-order valence-corrected chi connectivity index (χ0v) is 10.1. The van der Waals surface area contributed by atoms with Crippen LogP contribution in [-0.2, 0) is 0 Å². The molecule has 1 unspecified atom stereocenters. The molecule has 0 spiro atoms. The fourth-order valence-corrected chi connectivity index (χ4v) is 3.31. The Morgan fingerprint density at radius 1 is 1.27 bits per heavy atom. The Kier molecular flexibility index (Phi) is 4.21. The third-order valence-electron chi connectivity index (χ3n) is 3.53. The Balaban J connectivity index is 1.84. The number of nitrogens with two attached hydrogens (primary N) is 1. The number of hydrogen-bond donors (Lipinski definition) is 1. The number of thiophene rings is 1. The lowest BCUT2D eigenvalue weighted by atomic mass is 9.91. The minimum Gasteiger partial charge on any atom is -0.324 e. The van der Waals surface area contributed by atoms with Gasteiger partial charge < -0.3 is 5.73 Å². The van der Waals surface area contributed by atoms with Gasteiger partial charge in [-0.2, -0.15) is 11.3 Å². The van der Waals surface area contributed by atoms with E-state index in [2.05, 4.69) is 16.8 Å². The highest BCUT2D eigenvalue weighted by Gasteiger charge is 2.16. The van der Waals surface area contributed by atoms with Crippen molar-refractivity contribution in [2.75, 3.05) is 0 Å². The van der Waals surface area contributed by atoms with E-state index in [1.54, 1.807) is 11.3 Å². The molecule has 1 fully saturated rings. The summed E-state index contributed by atoms with van der Waals surface area (Å²) in [6, 6.07) is 2.45. The van der Waals surface area contributed by atoms with Gasteiger partial charge in [0.15, 0.2) is 0 Å². The van der Waals surface area contributed by atoms with Gasteiger partial charge in [0.05, 0.1) is 0 Å². The molecule has 1 aliphatic carbocycles. The molecule has 1 aliphatic rings.